The van der Waals surface area contributed by atoms with E-state index in [0.717, 1.165) is 29.1 Å². The second kappa shape index (κ2) is 5.48. The van der Waals surface area contributed by atoms with Crippen molar-refractivity contribution >= 4 is 11.6 Å². The van der Waals surface area contributed by atoms with E-state index >= 15 is 0 Å². The summed E-state index contributed by atoms with van der Waals surface area (Å²) in [6.45, 7) is 4.01. The van der Waals surface area contributed by atoms with E-state index in [1.54, 1.807) is 10.7 Å². The van der Waals surface area contributed by atoms with Gasteiger partial charge in [0, 0.05) is 11.3 Å². The average molecular weight is 303 g/mol. The zero-order valence-corrected chi connectivity index (χ0v) is 11.9. The van der Waals surface area contributed by atoms with E-state index in [9.17, 15) is 13.2 Å². The quantitative estimate of drug-likeness (QED) is 0.773. The van der Waals surface area contributed by atoms with E-state index in [0.29, 0.717) is 18.0 Å². The molecular weight excluding hydrogens is 289 g/mol. The molecule has 1 aromatic heterocycles. The summed E-state index contributed by atoms with van der Waals surface area (Å²) in [5.74, 6) is 0.347. The van der Waals surface area contributed by atoms with Gasteiger partial charge < -0.3 is 0 Å². The fourth-order valence-electron chi connectivity index (χ4n) is 2.10. The zero-order chi connectivity index (χ0) is 14.9. The molecule has 108 valence electrons. The minimum absolute atomic E-state index is 0.299. The molecule has 0 aliphatic carbocycles. The van der Waals surface area contributed by atoms with Gasteiger partial charge in [0.15, 0.2) is 0 Å². The first-order valence-corrected chi connectivity index (χ1v) is 6.61. The Hall–Kier alpha value is -1.49. The number of aryl methyl sites for hydroxylation is 1. The van der Waals surface area contributed by atoms with Crippen molar-refractivity contribution in [2.45, 2.75) is 32.4 Å². The minimum Gasteiger partial charge on any atom is -0.265 e. The van der Waals surface area contributed by atoms with E-state index < -0.39 is 11.7 Å². The Bertz CT molecular complexity index is 617. The zero-order valence-electron chi connectivity index (χ0n) is 11.1. The fourth-order valence-corrected chi connectivity index (χ4v) is 2.49. The summed E-state index contributed by atoms with van der Waals surface area (Å²) in [6.07, 6.45) is -4.33. The number of rotatable bonds is 3. The summed E-state index contributed by atoms with van der Waals surface area (Å²) < 4.78 is 39.7. The maximum atomic E-state index is 12.7. The Morgan fingerprint density at radius 2 is 1.95 bits per heavy atom. The molecule has 0 unspecified atom stereocenters. The molecule has 2 aromatic rings. The predicted octanol–water partition coefficient (Wildman–Crippen LogP) is 4.31. The summed E-state index contributed by atoms with van der Waals surface area (Å²) in [6, 6.07) is 5.28. The van der Waals surface area contributed by atoms with Crippen LogP contribution in [0.1, 0.15) is 28.1 Å². The number of hydrogen-bond acceptors (Lipinski definition) is 1. The van der Waals surface area contributed by atoms with E-state index in [2.05, 4.69) is 5.10 Å². The van der Waals surface area contributed by atoms with Crippen LogP contribution in [0, 0.1) is 13.8 Å². The maximum Gasteiger partial charge on any atom is 0.416 e. The summed E-state index contributed by atoms with van der Waals surface area (Å²) in [7, 11) is 0. The molecule has 6 heteroatoms. The van der Waals surface area contributed by atoms with Gasteiger partial charge in [-0.2, -0.15) is 18.3 Å². The van der Waals surface area contributed by atoms with Gasteiger partial charge >= 0.3 is 6.18 Å². The molecular formula is C14H14ClF3N2. The lowest BCUT2D eigenvalue weighted by Crippen LogP contribution is -2.08. The molecule has 0 bridgehead atoms. The lowest BCUT2D eigenvalue weighted by molar-refractivity contribution is -0.137. The number of benzene rings is 1. The molecule has 0 N–H and O–H groups in total. The van der Waals surface area contributed by atoms with Crippen LogP contribution in [-0.2, 0) is 18.6 Å². The normalized spacial score (nSPS) is 11.9. The lowest BCUT2D eigenvalue weighted by atomic mass is 10.1. The highest BCUT2D eigenvalue weighted by atomic mass is 35.5. The van der Waals surface area contributed by atoms with Crippen LogP contribution in [0.4, 0.5) is 13.2 Å². The molecule has 0 saturated carbocycles. The van der Waals surface area contributed by atoms with Gasteiger partial charge in [-0.15, -0.1) is 11.6 Å². The lowest BCUT2D eigenvalue weighted by Gasteiger charge is -2.10. The minimum atomic E-state index is -4.33. The van der Waals surface area contributed by atoms with Crippen LogP contribution in [0.15, 0.2) is 24.3 Å². The molecule has 20 heavy (non-hydrogen) atoms. The standard InChI is InChI=1S/C14H14ClF3N2/c1-9-13(7-15)10(2)20(19-9)8-11-4-3-5-12(6-11)14(16,17)18/h3-6H,7-8H2,1-2H3. The van der Waals surface area contributed by atoms with Crippen molar-refractivity contribution in [2.24, 2.45) is 0 Å². The first kappa shape index (κ1) is 14.9. The summed E-state index contributed by atoms with van der Waals surface area (Å²) in [4.78, 5) is 0. The molecule has 0 aliphatic rings. The van der Waals surface area contributed by atoms with Crippen molar-refractivity contribution in [3.8, 4) is 0 Å². The molecule has 0 atom stereocenters. The molecule has 0 saturated heterocycles. The second-order valence-corrected chi connectivity index (χ2v) is 4.91. The Balaban J connectivity index is 2.31. The Labute approximate surface area is 120 Å². The summed E-state index contributed by atoms with van der Waals surface area (Å²) in [5, 5.41) is 4.32. The molecule has 0 radical (unpaired) electrons. The van der Waals surface area contributed by atoms with Gasteiger partial charge in [-0.05, 0) is 31.5 Å². The van der Waals surface area contributed by atoms with Gasteiger partial charge in [0.1, 0.15) is 0 Å². The van der Waals surface area contributed by atoms with Crippen molar-refractivity contribution < 1.29 is 13.2 Å². The van der Waals surface area contributed by atoms with Crippen molar-refractivity contribution in [3.05, 3.63) is 52.3 Å². The van der Waals surface area contributed by atoms with E-state index in [4.69, 9.17) is 11.6 Å². The number of nitrogens with zero attached hydrogens (tertiary/aromatic N) is 2. The molecule has 0 aliphatic heterocycles. The predicted molar refractivity (Wildman–Crippen MR) is 71.8 cm³/mol. The molecule has 2 rings (SSSR count). The molecule has 1 aromatic carbocycles. The van der Waals surface area contributed by atoms with Crippen LogP contribution >= 0.6 is 11.6 Å². The van der Waals surface area contributed by atoms with Gasteiger partial charge in [0.25, 0.3) is 0 Å². The average Bonchev–Trinajstić information content (AvgIpc) is 2.63. The van der Waals surface area contributed by atoms with Crippen LogP contribution in [-0.4, -0.2) is 9.78 Å². The van der Waals surface area contributed by atoms with Crippen molar-refractivity contribution in [1.29, 1.82) is 0 Å². The molecule has 0 amide bonds. The van der Waals surface area contributed by atoms with E-state index in [-0.39, 0.29) is 0 Å². The highest BCUT2D eigenvalue weighted by Gasteiger charge is 2.30. The third-order valence-corrected chi connectivity index (χ3v) is 3.52. The summed E-state index contributed by atoms with van der Waals surface area (Å²) >= 11 is 5.84. The van der Waals surface area contributed by atoms with Crippen LogP contribution < -0.4 is 0 Å². The maximum absolute atomic E-state index is 12.7. The van der Waals surface area contributed by atoms with Crippen LogP contribution in [0.25, 0.3) is 0 Å². The third-order valence-electron chi connectivity index (χ3n) is 3.25. The van der Waals surface area contributed by atoms with Crippen molar-refractivity contribution in [2.75, 3.05) is 0 Å². The SMILES string of the molecule is Cc1nn(Cc2cccc(C(F)(F)F)c2)c(C)c1CCl. The van der Waals surface area contributed by atoms with Gasteiger partial charge in [-0.1, -0.05) is 12.1 Å². The topological polar surface area (TPSA) is 17.8 Å². The van der Waals surface area contributed by atoms with Crippen LogP contribution in [0.5, 0.6) is 0 Å². The first-order valence-electron chi connectivity index (χ1n) is 6.08. The van der Waals surface area contributed by atoms with Crippen LogP contribution in [0.2, 0.25) is 0 Å². The van der Waals surface area contributed by atoms with Gasteiger partial charge in [0.2, 0.25) is 0 Å². The molecule has 2 nitrogen and oxygen atoms in total. The highest BCUT2D eigenvalue weighted by Crippen LogP contribution is 2.29. The molecule has 1 heterocycles. The fraction of sp³-hybridized carbons (Fsp3) is 0.357. The Morgan fingerprint density at radius 3 is 2.50 bits per heavy atom. The van der Waals surface area contributed by atoms with Gasteiger partial charge in [-0.25, -0.2) is 0 Å². The number of halogens is 4. The largest absolute Gasteiger partial charge is 0.416 e. The summed E-state index contributed by atoms with van der Waals surface area (Å²) in [5.41, 5.74) is 2.54. The van der Waals surface area contributed by atoms with Crippen LogP contribution in [0.3, 0.4) is 0 Å². The molecule has 0 fully saturated rings. The van der Waals surface area contributed by atoms with E-state index in [1.807, 2.05) is 13.8 Å². The molecule has 0 spiro atoms. The Morgan fingerprint density at radius 1 is 1.25 bits per heavy atom. The van der Waals surface area contributed by atoms with Gasteiger partial charge in [0.05, 0.1) is 23.7 Å². The first-order chi connectivity index (χ1) is 9.32. The van der Waals surface area contributed by atoms with Crippen molar-refractivity contribution in [1.82, 2.24) is 9.78 Å². The highest BCUT2D eigenvalue weighted by molar-refractivity contribution is 6.17. The van der Waals surface area contributed by atoms with Gasteiger partial charge in [-0.3, -0.25) is 4.68 Å². The number of hydrogen-bond donors (Lipinski definition) is 0. The Kier molecular flexibility index (Phi) is 4.09. The number of alkyl halides is 4. The third kappa shape index (κ3) is 2.98. The monoisotopic (exact) mass is 302 g/mol. The van der Waals surface area contributed by atoms with E-state index in [1.165, 1.54) is 6.07 Å². The number of aromatic nitrogens is 2. The second-order valence-electron chi connectivity index (χ2n) is 4.64. The smallest absolute Gasteiger partial charge is 0.265 e. The van der Waals surface area contributed by atoms with Crippen molar-refractivity contribution in [3.63, 3.8) is 0 Å².